The highest BCUT2D eigenvalue weighted by molar-refractivity contribution is 5.66. The van der Waals surface area contributed by atoms with Crippen molar-refractivity contribution in [2.24, 2.45) is 0 Å². The second-order valence-corrected chi connectivity index (χ2v) is 3.46. The molecule has 0 N–H and O–H groups in total. The zero-order chi connectivity index (χ0) is 8.65. The molecule has 0 bridgehead atoms. The summed E-state index contributed by atoms with van der Waals surface area (Å²) in [5, 5.41) is 0. The maximum absolute atomic E-state index is 10.5. The van der Waals surface area contributed by atoms with Gasteiger partial charge in [0, 0.05) is 6.92 Å². The van der Waals surface area contributed by atoms with Crippen molar-refractivity contribution in [1.29, 1.82) is 0 Å². The van der Waals surface area contributed by atoms with Gasteiger partial charge in [-0.2, -0.15) is 0 Å². The Hall–Kier alpha value is -0.570. The molecule has 0 saturated carbocycles. The van der Waals surface area contributed by atoms with Gasteiger partial charge in [0.1, 0.15) is 12.2 Å². The van der Waals surface area contributed by atoms with Crippen molar-refractivity contribution < 1.29 is 14.3 Å². The number of hydrogen-bond acceptors (Lipinski definition) is 3. The largest absolute Gasteiger partial charge is 0.460 e. The van der Waals surface area contributed by atoms with Crippen molar-refractivity contribution in [2.75, 3.05) is 0 Å². The van der Waals surface area contributed by atoms with E-state index in [0.29, 0.717) is 0 Å². The summed E-state index contributed by atoms with van der Waals surface area (Å²) >= 11 is 0. The summed E-state index contributed by atoms with van der Waals surface area (Å²) < 4.78 is 10.2. The molecule has 1 rings (SSSR count). The monoisotopic (exact) mass is 158 g/mol. The van der Waals surface area contributed by atoms with Crippen LogP contribution in [0.3, 0.4) is 0 Å². The topological polar surface area (TPSA) is 38.8 Å². The molecular weight excluding hydrogens is 144 g/mol. The molecule has 1 aliphatic rings. The lowest BCUT2D eigenvalue weighted by molar-refractivity contribution is -0.146. The van der Waals surface area contributed by atoms with Crippen LogP contribution in [0.2, 0.25) is 0 Å². The van der Waals surface area contributed by atoms with Gasteiger partial charge < -0.3 is 9.47 Å². The highest BCUT2D eigenvalue weighted by Crippen LogP contribution is 2.38. The molecule has 0 radical (unpaired) electrons. The molecule has 0 aromatic rings. The van der Waals surface area contributed by atoms with Crippen LogP contribution in [0, 0.1) is 0 Å². The fourth-order valence-corrected chi connectivity index (χ4v) is 1.28. The Kier molecular flexibility index (Phi) is 1.92. The average molecular weight is 158 g/mol. The summed E-state index contributed by atoms with van der Waals surface area (Å²) in [6, 6.07) is 0. The SMILES string of the molecule is CC(=O)O[C@H](C)[C@H]1OC1(C)C. The first-order valence-electron chi connectivity index (χ1n) is 3.78. The first kappa shape index (κ1) is 8.53. The van der Waals surface area contributed by atoms with Crippen LogP contribution in [0.15, 0.2) is 0 Å². The fraction of sp³-hybridized carbons (Fsp3) is 0.875. The van der Waals surface area contributed by atoms with Crippen LogP contribution < -0.4 is 0 Å². The number of epoxide rings is 1. The van der Waals surface area contributed by atoms with Crippen molar-refractivity contribution in [1.82, 2.24) is 0 Å². The van der Waals surface area contributed by atoms with Gasteiger partial charge in [-0.3, -0.25) is 4.79 Å². The standard InChI is InChI=1S/C8H14O3/c1-5(10-6(2)9)7-8(3,4)11-7/h5,7H,1-4H3/t5-,7-/m1/s1. The van der Waals surface area contributed by atoms with E-state index in [2.05, 4.69) is 0 Å². The predicted molar refractivity (Wildman–Crippen MR) is 40.2 cm³/mol. The highest BCUT2D eigenvalue weighted by atomic mass is 16.6. The van der Waals surface area contributed by atoms with E-state index in [9.17, 15) is 4.79 Å². The van der Waals surface area contributed by atoms with E-state index in [1.807, 2.05) is 20.8 Å². The molecule has 1 saturated heterocycles. The highest BCUT2D eigenvalue weighted by Gasteiger charge is 2.52. The molecule has 3 heteroatoms. The van der Waals surface area contributed by atoms with E-state index in [4.69, 9.17) is 9.47 Å². The Bertz CT molecular complexity index is 174. The molecule has 0 aromatic heterocycles. The maximum atomic E-state index is 10.5. The first-order chi connectivity index (χ1) is 4.93. The molecule has 0 aliphatic carbocycles. The van der Waals surface area contributed by atoms with E-state index >= 15 is 0 Å². The van der Waals surface area contributed by atoms with Crippen LogP contribution in [-0.2, 0) is 14.3 Å². The van der Waals surface area contributed by atoms with E-state index in [0.717, 1.165) is 0 Å². The molecule has 3 nitrogen and oxygen atoms in total. The molecule has 1 heterocycles. The summed E-state index contributed by atoms with van der Waals surface area (Å²) in [4.78, 5) is 10.5. The Morgan fingerprint density at radius 3 is 2.36 bits per heavy atom. The third kappa shape index (κ3) is 1.93. The summed E-state index contributed by atoms with van der Waals surface area (Å²) in [7, 11) is 0. The molecule has 11 heavy (non-hydrogen) atoms. The van der Waals surface area contributed by atoms with Crippen molar-refractivity contribution in [3.63, 3.8) is 0 Å². The third-order valence-corrected chi connectivity index (χ3v) is 1.84. The van der Waals surface area contributed by atoms with E-state index in [1.165, 1.54) is 6.92 Å². The zero-order valence-electron chi connectivity index (χ0n) is 7.38. The zero-order valence-corrected chi connectivity index (χ0v) is 7.38. The summed E-state index contributed by atoms with van der Waals surface area (Å²) in [5.74, 6) is -0.246. The minimum absolute atomic E-state index is 0.0754. The van der Waals surface area contributed by atoms with Gasteiger partial charge in [-0.15, -0.1) is 0 Å². The van der Waals surface area contributed by atoms with Crippen LogP contribution in [0.25, 0.3) is 0 Å². The molecule has 0 spiro atoms. The predicted octanol–water partition coefficient (Wildman–Crippen LogP) is 1.12. The van der Waals surface area contributed by atoms with Crippen LogP contribution in [-0.4, -0.2) is 23.8 Å². The maximum Gasteiger partial charge on any atom is 0.302 e. The molecule has 0 aromatic carbocycles. The number of esters is 1. The average Bonchev–Trinajstić information content (AvgIpc) is 2.38. The number of hydrogen-bond donors (Lipinski definition) is 0. The van der Waals surface area contributed by atoms with Crippen molar-refractivity contribution in [2.45, 2.75) is 45.5 Å². The number of rotatable bonds is 2. The smallest absolute Gasteiger partial charge is 0.302 e. The third-order valence-electron chi connectivity index (χ3n) is 1.84. The van der Waals surface area contributed by atoms with E-state index in [1.54, 1.807) is 0 Å². The van der Waals surface area contributed by atoms with E-state index in [-0.39, 0.29) is 23.8 Å². The lowest BCUT2D eigenvalue weighted by Crippen LogP contribution is -2.22. The van der Waals surface area contributed by atoms with E-state index < -0.39 is 0 Å². The molecule has 1 fully saturated rings. The molecule has 0 amide bonds. The Balaban J connectivity index is 2.34. The Morgan fingerprint density at radius 1 is 1.64 bits per heavy atom. The summed E-state index contributed by atoms with van der Waals surface area (Å²) in [6.07, 6.45) is -0.0473. The normalized spacial score (nSPS) is 29.3. The van der Waals surface area contributed by atoms with Gasteiger partial charge in [0.15, 0.2) is 0 Å². The van der Waals surface area contributed by atoms with Crippen molar-refractivity contribution >= 4 is 5.97 Å². The van der Waals surface area contributed by atoms with Crippen LogP contribution in [0.1, 0.15) is 27.7 Å². The van der Waals surface area contributed by atoms with Crippen LogP contribution in [0.5, 0.6) is 0 Å². The second kappa shape index (κ2) is 2.48. The molecule has 1 aliphatic heterocycles. The van der Waals surface area contributed by atoms with Gasteiger partial charge in [-0.05, 0) is 20.8 Å². The van der Waals surface area contributed by atoms with Gasteiger partial charge in [-0.1, -0.05) is 0 Å². The minimum Gasteiger partial charge on any atom is -0.460 e. The van der Waals surface area contributed by atoms with Gasteiger partial charge in [0.2, 0.25) is 0 Å². The van der Waals surface area contributed by atoms with Gasteiger partial charge in [0.05, 0.1) is 5.60 Å². The Labute approximate surface area is 66.7 Å². The first-order valence-corrected chi connectivity index (χ1v) is 3.78. The number of carbonyl (C=O) groups is 1. The lowest BCUT2D eigenvalue weighted by Gasteiger charge is -2.08. The van der Waals surface area contributed by atoms with Crippen LogP contribution in [0.4, 0.5) is 0 Å². The van der Waals surface area contributed by atoms with Gasteiger partial charge >= 0.3 is 5.97 Å². The fourth-order valence-electron chi connectivity index (χ4n) is 1.28. The van der Waals surface area contributed by atoms with Crippen LogP contribution >= 0.6 is 0 Å². The summed E-state index contributed by atoms with van der Waals surface area (Å²) in [6.45, 7) is 7.22. The Morgan fingerprint density at radius 2 is 2.09 bits per heavy atom. The molecule has 64 valence electrons. The van der Waals surface area contributed by atoms with Gasteiger partial charge in [0.25, 0.3) is 0 Å². The number of ether oxygens (including phenoxy) is 2. The number of carbonyl (C=O) groups excluding carboxylic acids is 1. The van der Waals surface area contributed by atoms with Crippen molar-refractivity contribution in [3.05, 3.63) is 0 Å². The minimum atomic E-state index is -0.246. The molecular formula is C8H14O3. The second-order valence-electron chi connectivity index (χ2n) is 3.46. The van der Waals surface area contributed by atoms with Crippen molar-refractivity contribution in [3.8, 4) is 0 Å². The lowest BCUT2D eigenvalue weighted by atomic mass is 10.1. The summed E-state index contributed by atoms with van der Waals surface area (Å²) in [5.41, 5.74) is -0.102. The molecule has 2 atom stereocenters. The van der Waals surface area contributed by atoms with Gasteiger partial charge in [-0.25, -0.2) is 0 Å². The molecule has 0 unspecified atom stereocenters. The quantitative estimate of drug-likeness (QED) is 0.446.